The number of hydrogen-bond acceptors (Lipinski definition) is 4. The third kappa shape index (κ3) is 4.81. The minimum Gasteiger partial charge on any atom is -0.385 e. The average Bonchev–Trinajstić information content (AvgIpc) is 2.73. The van der Waals surface area contributed by atoms with Crippen molar-refractivity contribution in [2.24, 2.45) is 13.0 Å². The number of nitrogens with zero attached hydrogens (tertiary/aromatic N) is 3. The van der Waals surface area contributed by atoms with E-state index >= 15 is 0 Å². The van der Waals surface area contributed by atoms with Crippen LogP contribution in [0.15, 0.2) is 23.0 Å². The van der Waals surface area contributed by atoms with Crippen LogP contribution in [0.4, 0.5) is 0 Å². The predicted molar refractivity (Wildman–Crippen MR) is 115 cm³/mol. The van der Waals surface area contributed by atoms with Crippen LogP contribution in [0.3, 0.4) is 0 Å². The number of ether oxygens (including phenoxy) is 1. The van der Waals surface area contributed by atoms with Crippen LogP contribution in [0.25, 0.3) is 10.9 Å². The van der Waals surface area contributed by atoms with Crippen LogP contribution in [0.2, 0.25) is 5.02 Å². The van der Waals surface area contributed by atoms with Crippen LogP contribution in [0, 0.1) is 5.92 Å². The Morgan fingerprint density at radius 2 is 2.07 bits per heavy atom. The van der Waals surface area contributed by atoms with Gasteiger partial charge in [-0.15, -0.1) is 0 Å². The summed E-state index contributed by atoms with van der Waals surface area (Å²) in [7, 11) is 3.38. The Bertz CT molecular complexity index is 921. The first kappa shape index (κ1) is 21.8. The molecule has 1 aromatic carbocycles. The molecule has 0 bridgehead atoms. The number of carbonyl (C=O) groups is 1. The SMILES string of the molecule is COCCCN(C(=O)C1CCCCC1)C(C)c1nc2cc(Cl)ccc2c(=O)n1C. The maximum atomic E-state index is 13.4. The molecule has 0 aliphatic heterocycles. The van der Waals surface area contributed by atoms with Crippen molar-refractivity contribution in [3.8, 4) is 0 Å². The maximum absolute atomic E-state index is 13.4. The number of benzene rings is 1. The molecular weight excluding hydrogens is 390 g/mol. The second-order valence-electron chi connectivity index (χ2n) is 7.88. The molecular formula is C22H30ClN3O3. The average molecular weight is 420 g/mol. The summed E-state index contributed by atoms with van der Waals surface area (Å²) in [5.74, 6) is 0.792. The van der Waals surface area contributed by atoms with Crippen LogP contribution in [0.1, 0.15) is 57.3 Å². The summed E-state index contributed by atoms with van der Waals surface area (Å²) in [6.45, 7) is 3.11. The smallest absolute Gasteiger partial charge is 0.261 e. The number of rotatable bonds is 7. The van der Waals surface area contributed by atoms with E-state index in [2.05, 4.69) is 0 Å². The van der Waals surface area contributed by atoms with Gasteiger partial charge in [-0.3, -0.25) is 14.2 Å². The van der Waals surface area contributed by atoms with Gasteiger partial charge in [0, 0.05) is 38.2 Å². The van der Waals surface area contributed by atoms with E-state index in [-0.39, 0.29) is 23.4 Å². The topological polar surface area (TPSA) is 64.4 Å². The Morgan fingerprint density at radius 3 is 2.76 bits per heavy atom. The standard InChI is InChI=1S/C22H30ClN3O3/c1-15(20-24-19-14-17(23)10-11-18(19)22(28)25(20)2)26(12-7-13-29-3)21(27)16-8-5-4-6-9-16/h10-11,14-16H,4-9,12-13H2,1-3H3. The summed E-state index contributed by atoms with van der Waals surface area (Å²) < 4.78 is 6.75. The molecule has 1 aliphatic rings. The van der Waals surface area contributed by atoms with Gasteiger partial charge in [0.2, 0.25) is 5.91 Å². The quantitative estimate of drug-likeness (QED) is 0.634. The van der Waals surface area contributed by atoms with Crippen molar-refractivity contribution in [2.75, 3.05) is 20.3 Å². The highest BCUT2D eigenvalue weighted by atomic mass is 35.5. The van der Waals surface area contributed by atoms with Crippen LogP contribution in [-0.2, 0) is 16.6 Å². The molecule has 2 aromatic rings. The molecule has 1 aromatic heterocycles. The lowest BCUT2D eigenvalue weighted by Crippen LogP contribution is -2.41. The molecule has 158 valence electrons. The predicted octanol–water partition coefficient (Wildman–Crippen LogP) is 4.09. The van der Waals surface area contributed by atoms with Crippen molar-refractivity contribution in [1.82, 2.24) is 14.5 Å². The third-order valence-electron chi connectivity index (χ3n) is 5.90. The fourth-order valence-corrected chi connectivity index (χ4v) is 4.40. The third-order valence-corrected chi connectivity index (χ3v) is 6.13. The molecule has 1 heterocycles. The summed E-state index contributed by atoms with van der Waals surface area (Å²) in [5.41, 5.74) is 0.430. The zero-order chi connectivity index (χ0) is 21.0. The van der Waals surface area contributed by atoms with E-state index in [9.17, 15) is 9.59 Å². The Morgan fingerprint density at radius 1 is 1.34 bits per heavy atom. The van der Waals surface area contributed by atoms with Gasteiger partial charge in [-0.1, -0.05) is 30.9 Å². The van der Waals surface area contributed by atoms with E-state index in [1.54, 1.807) is 36.9 Å². The van der Waals surface area contributed by atoms with Crippen molar-refractivity contribution < 1.29 is 9.53 Å². The highest BCUT2D eigenvalue weighted by molar-refractivity contribution is 6.31. The summed E-state index contributed by atoms with van der Waals surface area (Å²) >= 11 is 6.11. The second kappa shape index (κ2) is 9.72. The van der Waals surface area contributed by atoms with E-state index in [1.807, 2.05) is 11.8 Å². The van der Waals surface area contributed by atoms with E-state index in [0.29, 0.717) is 34.9 Å². The van der Waals surface area contributed by atoms with Crippen LogP contribution < -0.4 is 5.56 Å². The fraction of sp³-hybridized carbons (Fsp3) is 0.591. The van der Waals surface area contributed by atoms with Crippen LogP contribution in [-0.4, -0.2) is 40.6 Å². The molecule has 0 radical (unpaired) electrons. The lowest BCUT2D eigenvalue weighted by Gasteiger charge is -2.34. The van der Waals surface area contributed by atoms with E-state index < -0.39 is 0 Å². The number of fused-ring (bicyclic) bond motifs is 1. The van der Waals surface area contributed by atoms with Gasteiger partial charge in [-0.2, -0.15) is 0 Å². The van der Waals surface area contributed by atoms with Gasteiger partial charge >= 0.3 is 0 Å². The molecule has 1 unspecified atom stereocenters. The van der Waals surface area contributed by atoms with E-state index in [1.165, 1.54) is 6.42 Å². The molecule has 0 saturated heterocycles. The van der Waals surface area contributed by atoms with Crippen molar-refractivity contribution >= 4 is 28.4 Å². The van der Waals surface area contributed by atoms with Gasteiger partial charge in [0.1, 0.15) is 5.82 Å². The molecule has 0 N–H and O–H groups in total. The van der Waals surface area contributed by atoms with E-state index in [4.69, 9.17) is 21.3 Å². The minimum atomic E-state index is -0.317. The number of aromatic nitrogens is 2. The van der Waals surface area contributed by atoms with Crippen LogP contribution >= 0.6 is 11.6 Å². The van der Waals surface area contributed by atoms with Gasteiger partial charge in [0.25, 0.3) is 5.56 Å². The van der Waals surface area contributed by atoms with Crippen molar-refractivity contribution in [1.29, 1.82) is 0 Å². The first-order chi connectivity index (χ1) is 13.9. The van der Waals surface area contributed by atoms with Gasteiger partial charge in [0.15, 0.2) is 0 Å². The maximum Gasteiger partial charge on any atom is 0.261 e. The summed E-state index contributed by atoms with van der Waals surface area (Å²) in [6, 6.07) is 4.78. The highest BCUT2D eigenvalue weighted by Gasteiger charge is 2.31. The Hall–Kier alpha value is -1.92. The zero-order valence-electron chi connectivity index (χ0n) is 17.5. The summed E-state index contributed by atoms with van der Waals surface area (Å²) in [5, 5.41) is 1.06. The number of carbonyl (C=O) groups excluding carboxylic acids is 1. The Balaban J connectivity index is 1.97. The van der Waals surface area contributed by atoms with Crippen molar-refractivity contribution in [2.45, 2.75) is 51.5 Å². The van der Waals surface area contributed by atoms with Gasteiger partial charge in [0.05, 0.1) is 16.9 Å². The largest absolute Gasteiger partial charge is 0.385 e. The highest BCUT2D eigenvalue weighted by Crippen LogP contribution is 2.29. The van der Waals surface area contributed by atoms with Gasteiger partial charge in [-0.25, -0.2) is 4.98 Å². The van der Waals surface area contributed by atoms with Gasteiger partial charge < -0.3 is 9.64 Å². The van der Waals surface area contributed by atoms with Gasteiger partial charge in [-0.05, 0) is 44.4 Å². The Labute approximate surface area is 176 Å². The molecule has 29 heavy (non-hydrogen) atoms. The summed E-state index contributed by atoms with van der Waals surface area (Å²) in [4.78, 5) is 32.9. The molecule has 1 atom stereocenters. The minimum absolute atomic E-state index is 0.0562. The van der Waals surface area contributed by atoms with E-state index in [0.717, 1.165) is 32.1 Å². The second-order valence-corrected chi connectivity index (χ2v) is 8.32. The number of halogens is 1. The molecule has 1 saturated carbocycles. The zero-order valence-corrected chi connectivity index (χ0v) is 18.2. The number of amides is 1. The molecule has 7 heteroatoms. The molecule has 1 aliphatic carbocycles. The van der Waals surface area contributed by atoms with Crippen molar-refractivity contribution in [3.05, 3.63) is 39.4 Å². The molecule has 1 amide bonds. The molecule has 0 spiro atoms. The first-order valence-electron chi connectivity index (χ1n) is 10.4. The first-order valence-corrected chi connectivity index (χ1v) is 10.8. The summed E-state index contributed by atoms with van der Waals surface area (Å²) in [6.07, 6.45) is 6.01. The van der Waals surface area contributed by atoms with Crippen LogP contribution in [0.5, 0.6) is 0 Å². The van der Waals surface area contributed by atoms with Crippen molar-refractivity contribution in [3.63, 3.8) is 0 Å². The lowest BCUT2D eigenvalue weighted by molar-refractivity contribution is -0.139. The Kier molecular flexibility index (Phi) is 7.30. The normalized spacial score (nSPS) is 16.1. The molecule has 6 nitrogen and oxygen atoms in total. The monoisotopic (exact) mass is 419 g/mol. The number of hydrogen-bond donors (Lipinski definition) is 0. The lowest BCUT2D eigenvalue weighted by atomic mass is 9.88. The fourth-order valence-electron chi connectivity index (χ4n) is 4.23. The molecule has 1 fully saturated rings. The number of methoxy groups -OCH3 is 1. The molecule has 3 rings (SSSR count).